The van der Waals surface area contributed by atoms with Gasteiger partial charge in [0.25, 0.3) is 5.91 Å². The zero-order valence-corrected chi connectivity index (χ0v) is 17.0. The van der Waals surface area contributed by atoms with Gasteiger partial charge >= 0.3 is 0 Å². The van der Waals surface area contributed by atoms with Crippen molar-refractivity contribution in [3.8, 4) is 11.5 Å². The van der Waals surface area contributed by atoms with Crippen molar-refractivity contribution in [2.45, 2.75) is 19.3 Å². The number of anilines is 1. The van der Waals surface area contributed by atoms with E-state index < -0.39 is 5.92 Å². The van der Waals surface area contributed by atoms with E-state index in [0.29, 0.717) is 30.0 Å². The van der Waals surface area contributed by atoms with E-state index in [2.05, 4.69) is 0 Å². The Labute approximate surface area is 179 Å². The van der Waals surface area contributed by atoms with Crippen molar-refractivity contribution < 1.29 is 14.0 Å². The van der Waals surface area contributed by atoms with Gasteiger partial charge in [0, 0.05) is 17.6 Å². The van der Waals surface area contributed by atoms with Crippen molar-refractivity contribution >= 4 is 28.4 Å². The SMILES string of the molecule is Cc1ccc(-c2cc(C(=O)N3CCC(C(N)=O)c4ccccc43)c3ccccc3n2)o1. The number of primary amides is 1. The molecule has 5 rings (SSSR count). The Morgan fingerprint density at radius 2 is 1.84 bits per heavy atom. The molecule has 0 spiro atoms. The number of para-hydroxylation sites is 2. The third kappa shape index (κ3) is 3.26. The summed E-state index contributed by atoms with van der Waals surface area (Å²) in [5.74, 6) is 0.490. The molecule has 0 fully saturated rings. The normalized spacial score (nSPS) is 15.6. The number of fused-ring (bicyclic) bond motifs is 2. The fourth-order valence-corrected chi connectivity index (χ4v) is 4.26. The maximum atomic E-state index is 13.8. The molecule has 2 N–H and O–H groups in total. The van der Waals surface area contributed by atoms with Gasteiger partial charge in [-0.2, -0.15) is 0 Å². The second kappa shape index (κ2) is 7.40. The first-order chi connectivity index (χ1) is 15.0. The highest BCUT2D eigenvalue weighted by molar-refractivity contribution is 6.15. The van der Waals surface area contributed by atoms with E-state index in [9.17, 15) is 9.59 Å². The molecule has 6 nitrogen and oxygen atoms in total. The molecule has 0 bridgehead atoms. The van der Waals surface area contributed by atoms with Crippen LogP contribution in [0.25, 0.3) is 22.4 Å². The molecule has 0 aliphatic carbocycles. The smallest absolute Gasteiger partial charge is 0.259 e. The Hall–Kier alpha value is -3.93. The molecule has 1 aliphatic heterocycles. The number of rotatable bonds is 3. The Morgan fingerprint density at radius 3 is 2.61 bits per heavy atom. The molecule has 0 radical (unpaired) electrons. The van der Waals surface area contributed by atoms with Crippen LogP contribution in [0.5, 0.6) is 0 Å². The van der Waals surface area contributed by atoms with Crippen LogP contribution in [0, 0.1) is 6.92 Å². The highest BCUT2D eigenvalue weighted by atomic mass is 16.3. The lowest BCUT2D eigenvalue weighted by Gasteiger charge is -2.33. The topological polar surface area (TPSA) is 89.4 Å². The van der Waals surface area contributed by atoms with E-state index in [4.69, 9.17) is 15.1 Å². The molecular formula is C25H21N3O3. The van der Waals surface area contributed by atoms with Gasteiger partial charge in [-0.3, -0.25) is 9.59 Å². The standard InChI is InChI=1S/C25H21N3O3/c1-15-10-11-23(31-15)21-14-19(16-6-2-4-8-20(16)27-21)25(30)28-13-12-18(24(26)29)17-7-3-5-9-22(17)28/h2-11,14,18H,12-13H2,1H3,(H2,26,29). The monoisotopic (exact) mass is 411 g/mol. The Balaban J connectivity index is 1.65. The van der Waals surface area contributed by atoms with Crippen molar-refractivity contribution in [3.63, 3.8) is 0 Å². The van der Waals surface area contributed by atoms with Crippen molar-refractivity contribution in [3.05, 3.63) is 83.6 Å². The summed E-state index contributed by atoms with van der Waals surface area (Å²) in [5.41, 5.74) is 8.99. The Morgan fingerprint density at radius 1 is 1.06 bits per heavy atom. The van der Waals surface area contributed by atoms with Gasteiger partial charge in [0.2, 0.25) is 5.91 Å². The van der Waals surface area contributed by atoms with Crippen molar-refractivity contribution in [1.82, 2.24) is 4.98 Å². The molecule has 31 heavy (non-hydrogen) atoms. The fraction of sp³-hybridized carbons (Fsp3) is 0.160. The second-order valence-electron chi connectivity index (χ2n) is 7.74. The maximum Gasteiger partial charge on any atom is 0.259 e. The maximum absolute atomic E-state index is 13.8. The molecule has 0 saturated heterocycles. The number of carbonyl (C=O) groups excluding carboxylic acids is 2. The lowest BCUT2D eigenvalue weighted by Crippen LogP contribution is -2.39. The minimum atomic E-state index is -0.393. The summed E-state index contributed by atoms with van der Waals surface area (Å²) in [4.78, 5) is 32.2. The Kier molecular flexibility index (Phi) is 4.55. The van der Waals surface area contributed by atoms with E-state index in [1.165, 1.54) is 0 Å². The first-order valence-electron chi connectivity index (χ1n) is 10.2. The predicted octanol–water partition coefficient (Wildman–Crippen LogP) is 4.42. The van der Waals surface area contributed by atoms with Crippen LogP contribution in [-0.4, -0.2) is 23.3 Å². The minimum absolute atomic E-state index is 0.140. The first kappa shape index (κ1) is 19.1. The highest BCUT2D eigenvalue weighted by Gasteiger charge is 2.32. The van der Waals surface area contributed by atoms with Gasteiger partial charge in [0.05, 0.1) is 17.0 Å². The van der Waals surface area contributed by atoms with Gasteiger partial charge < -0.3 is 15.1 Å². The Bertz CT molecular complexity index is 1320. The molecule has 1 unspecified atom stereocenters. The summed E-state index contributed by atoms with van der Waals surface area (Å²) in [7, 11) is 0. The molecule has 4 aromatic rings. The number of aromatic nitrogens is 1. The predicted molar refractivity (Wildman–Crippen MR) is 119 cm³/mol. The van der Waals surface area contributed by atoms with Crippen LogP contribution in [0.1, 0.15) is 34.0 Å². The second-order valence-corrected chi connectivity index (χ2v) is 7.74. The first-order valence-corrected chi connectivity index (χ1v) is 10.2. The van der Waals surface area contributed by atoms with Crippen LogP contribution in [0.4, 0.5) is 5.69 Å². The number of aryl methyl sites for hydroxylation is 1. The number of nitrogens with zero attached hydrogens (tertiary/aromatic N) is 2. The van der Waals surface area contributed by atoms with Gasteiger partial charge in [-0.05, 0) is 49.2 Å². The van der Waals surface area contributed by atoms with Crippen molar-refractivity contribution in [2.24, 2.45) is 5.73 Å². The average molecular weight is 411 g/mol. The molecule has 2 amide bonds. The molecule has 3 heterocycles. The molecular weight excluding hydrogens is 390 g/mol. The number of hydrogen-bond acceptors (Lipinski definition) is 4. The lowest BCUT2D eigenvalue weighted by atomic mass is 9.89. The summed E-state index contributed by atoms with van der Waals surface area (Å²) < 4.78 is 5.76. The highest BCUT2D eigenvalue weighted by Crippen LogP contribution is 2.37. The number of carbonyl (C=O) groups is 2. The molecule has 1 aliphatic rings. The average Bonchev–Trinajstić information content (AvgIpc) is 3.23. The number of furan rings is 1. The van der Waals surface area contributed by atoms with E-state index >= 15 is 0 Å². The minimum Gasteiger partial charge on any atom is -0.460 e. The van der Waals surface area contributed by atoms with E-state index in [1.807, 2.05) is 67.6 Å². The zero-order valence-electron chi connectivity index (χ0n) is 17.0. The number of benzene rings is 2. The van der Waals surface area contributed by atoms with E-state index in [1.54, 1.807) is 11.0 Å². The van der Waals surface area contributed by atoms with Crippen LogP contribution in [0.2, 0.25) is 0 Å². The molecule has 154 valence electrons. The van der Waals surface area contributed by atoms with Gasteiger partial charge in [-0.15, -0.1) is 0 Å². The number of amides is 2. The lowest BCUT2D eigenvalue weighted by molar-refractivity contribution is -0.119. The molecule has 2 aromatic carbocycles. The number of hydrogen-bond donors (Lipinski definition) is 1. The summed E-state index contributed by atoms with van der Waals surface area (Å²) in [6.45, 7) is 2.28. The quantitative estimate of drug-likeness (QED) is 0.540. The van der Waals surface area contributed by atoms with Crippen molar-refractivity contribution in [2.75, 3.05) is 11.4 Å². The summed E-state index contributed by atoms with van der Waals surface area (Å²) >= 11 is 0. The van der Waals surface area contributed by atoms with Crippen LogP contribution >= 0.6 is 0 Å². The molecule has 1 atom stereocenters. The molecule has 0 saturated carbocycles. The number of pyridine rings is 1. The van der Waals surface area contributed by atoms with Crippen LogP contribution in [0.15, 0.2) is 71.1 Å². The zero-order chi connectivity index (χ0) is 21.5. The number of nitrogens with two attached hydrogens (primary N) is 1. The van der Waals surface area contributed by atoms with Crippen LogP contribution < -0.4 is 10.6 Å². The van der Waals surface area contributed by atoms with E-state index in [-0.39, 0.29) is 11.8 Å². The van der Waals surface area contributed by atoms with Gasteiger partial charge in [-0.1, -0.05) is 36.4 Å². The van der Waals surface area contributed by atoms with E-state index in [0.717, 1.165) is 27.9 Å². The van der Waals surface area contributed by atoms with Gasteiger partial charge in [0.1, 0.15) is 11.5 Å². The molecule has 6 heteroatoms. The van der Waals surface area contributed by atoms with Crippen LogP contribution in [0.3, 0.4) is 0 Å². The third-order valence-corrected chi connectivity index (χ3v) is 5.77. The molecule has 2 aromatic heterocycles. The van der Waals surface area contributed by atoms with Gasteiger partial charge in [0.15, 0.2) is 5.76 Å². The largest absolute Gasteiger partial charge is 0.460 e. The third-order valence-electron chi connectivity index (χ3n) is 5.77. The summed E-state index contributed by atoms with van der Waals surface area (Å²) in [6, 6.07) is 20.5. The summed E-state index contributed by atoms with van der Waals surface area (Å²) in [5, 5.41) is 0.772. The van der Waals surface area contributed by atoms with Crippen LogP contribution in [-0.2, 0) is 4.79 Å². The fourth-order valence-electron chi connectivity index (χ4n) is 4.26. The van der Waals surface area contributed by atoms with Gasteiger partial charge in [-0.25, -0.2) is 4.98 Å². The summed E-state index contributed by atoms with van der Waals surface area (Å²) in [6.07, 6.45) is 0.491. The van der Waals surface area contributed by atoms with Crippen molar-refractivity contribution in [1.29, 1.82) is 0 Å².